The van der Waals surface area contributed by atoms with Crippen LogP contribution in [0.3, 0.4) is 0 Å². The van der Waals surface area contributed by atoms with Crippen molar-refractivity contribution < 1.29 is 14.3 Å². The minimum atomic E-state index is -0.331. The van der Waals surface area contributed by atoms with Crippen LogP contribution in [0.1, 0.15) is 20.7 Å². The van der Waals surface area contributed by atoms with Gasteiger partial charge in [0.25, 0.3) is 11.8 Å². The molecule has 2 aromatic heterocycles. The van der Waals surface area contributed by atoms with Crippen LogP contribution in [0.2, 0.25) is 0 Å². The number of aromatic nitrogens is 2. The fraction of sp³-hybridized carbons (Fsp3) is 0.0526. The van der Waals surface area contributed by atoms with Crippen molar-refractivity contribution in [2.75, 3.05) is 17.7 Å². The van der Waals surface area contributed by atoms with Gasteiger partial charge in [-0.1, -0.05) is 12.1 Å². The van der Waals surface area contributed by atoms with E-state index in [4.69, 9.17) is 4.74 Å². The first-order valence-corrected chi connectivity index (χ1v) is 7.79. The maximum absolute atomic E-state index is 12.3. The molecule has 1 aromatic carbocycles. The van der Waals surface area contributed by atoms with E-state index in [2.05, 4.69) is 20.6 Å². The highest BCUT2D eigenvalue weighted by atomic mass is 16.5. The Kier molecular flexibility index (Phi) is 5.19. The Morgan fingerprint density at radius 2 is 1.77 bits per heavy atom. The standard InChI is InChI=1S/C19H16N4O3/c1-26-16-7-3-2-6-15(16)19(25)23-17-9-8-14(12-21-17)22-18(24)13-5-4-10-20-11-13/h2-12H,1H3,(H,22,24)(H,21,23,25). The Hall–Kier alpha value is -3.74. The van der Waals surface area contributed by atoms with Crippen LogP contribution >= 0.6 is 0 Å². The van der Waals surface area contributed by atoms with E-state index in [0.29, 0.717) is 28.4 Å². The average Bonchev–Trinajstić information content (AvgIpc) is 2.70. The van der Waals surface area contributed by atoms with Crippen molar-refractivity contribution in [3.63, 3.8) is 0 Å². The van der Waals surface area contributed by atoms with Crippen molar-refractivity contribution in [1.82, 2.24) is 9.97 Å². The number of nitrogens with one attached hydrogen (secondary N) is 2. The second kappa shape index (κ2) is 7.89. The van der Waals surface area contributed by atoms with Crippen LogP contribution in [0.25, 0.3) is 0 Å². The third kappa shape index (κ3) is 4.02. The van der Waals surface area contributed by atoms with Gasteiger partial charge < -0.3 is 15.4 Å². The molecule has 0 aliphatic carbocycles. The zero-order valence-electron chi connectivity index (χ0n) is 14.0. The summed E-state index contributed by atoms with van der Waals surface area (Å²) in [5.74, 6) is 0.221. The molecular weight excluding hydrogens is 332 g/mol. The van der Waals surface area contributed by atoms with E-state index >= 15 is 0 Å². The van der Waals surface area contributed by atoms with E-state index in [9.17, 15) is 9.59 Å². The van der Waals surface area contributed by atoms with Crippen LogP contribution in [0, 0.1) is 0 Å². The van der Waals surface area contributed by atoms with Gasteiger partial charge in [0.2, 0.25) is 0 Å². The van der Waals surface area contributed by atoms with Crippen LogP contribution in [-0.4, -0.2) is 28.9 Å². The van der Waals surface area contributed by atoms with Crippen LogP contribution in [0.15, 0.2) is 67.1 Å². The minimum absolute atomic E-state index is 0.286. The van der Waals surface area contributed by atoms with Gasteiger partial charge in [0.1, 0.15) is 11.6 Å². The summed E-state index contributed by atoms with van der Waals surface area (Å²) in [7, 11) is 1.50. The topological polar surface area (TPSA) is 93.2 Å². The summed E-state index contributed by atoms with van der Waals surface area (Å²) in [6, 6.07) is 13.5. The molecule has 0 bridgehead atoms. The molecule has 0 aliphatic rings. The Balaban J connectivity index is 1.66. The van der Waals surface area contributed by atoms with E-state index < -0.39 is 0 Å². The van der Waals surface area contributed by atoms with Gasteiger partial charge in [0.15, 0.2) is 0 Å². The summed E-state index contributed by atoms with van der Waals surface area (Å²) in [6.07, 6.45) is 4.54. The summed E-state index contributed by atoms with van der Waals surface area (Å²) >= 11 is 0. The van der Waals surface area contributed by atoms with Crippen molar-refractivity contribution in [1.29, 1.82) is 0 Å². The molecule has 2 amide bonds. The van der Waals surface area contributed by atoms with Crippen molar-refractivity contribution in [2.45, 2.75) is 0 Å². The SMILES string of the molecule is COc1ccccc1C(=O)Nc1ccc(NC(=O)c2cccnc2)cn1. The third-order valence-corrected chi connectivity index (χ3v) is 3.54. The molecule has 2 heterocycles. The highest BCUT2D eigenvalue weighted by Gasteiger charge is 2.12. The smallest absolute Gasteiger partial charge is 0.260 e. The number of carbonyl (C=O) groups is 2. The van der Waals surface area contributed by atoms with Gasteiger partial charge in [-0.25, -0.2) is 4.98 Å². The maximum Gasteiger partial charge on any atom is 0.260 e. The third-order valence-electron chi connectivity index (χ3n) is 3.54. The number of amides is 2. The number of nitrogens with zero attached hydrogens (tertiary/aromatic N) is 2. The number of para-hydroxylation sites is 1. The van der Waals surface area contributed by atoms with Gasteiger partial charge in [0.05, 0.1) is 30.1 Å². The first-order chi connectivity index (χ1) is 12.7. The largest absolute Gasteiger partial charge is 0.496 e. The molecule has 130 valence electrons. The minimum Gasteiger partial charge on any atom is -0.496 e. The summed E-state index contributed by atoms with van der Waals surface area (Å²) in [6.45, 7) is 0. The lowest BCUT2D eigenvalue weighted by atomic mass is 10.2. The molecule has 3 rings (SSSR count). The van der Waals surface area contributed by atoms with Gasteiger partial charge >= 0.3 is 0 Å². The number of pyridine rings is 2. The summed E-state index contributed by atoms with van der Waals surface area (Å²) in [5.41, 5.74) is 1.36. The number of methoxy groups -OCH3 is 1. The fourth-order valence-electron chi connectivity index (χ4n) is 2.26. The van der Waals surface area contributed by atoms with Gasteiger partial charge in [-0.2, -0.15) is 0 Å². The normalized spacial score (nSPS) is 10.0. The zero-order chi connectivity index (χ0) is 18.4. The second-order valence-electron chi connectivity index (χ2n) is 5.28. The number of benzene rings is 1. The molecule has 0 saturated carbocycles. The fourth-order valence-corrected chi connectivity index (χ4v) is 2.26. The van der Waals surface area contributed by atoms with Crippen LogP contribution in [-0.2, 0) is 0 Å². The molecule has 3 aromatic rings. The van der Waals surface area contributed by atoms with Crippen LogP contribution in [0.5, 0.6) is 5.75 Å². The Morgan fingerprint density at radius 1 is 0.923 bits per heavy atom. The molecule has 0 aliphatic heterocycles. The lowest BCUT2D eigenvalue weighted by Gasteiger charge is -2.09. The van der Waals surface area contributed by atoms with Crippen molar-refractivity contribution in [3.05, 3.63) is 78.2 Å². The zero-order valence-corrected chi connectivity index (χ0v) is 14.0. The number of hydrogen-bond acceptors (Lipinski definition) is 5. The predicted molar refractivity (Wildman–Crippen MR) is 97.4 cm³/mol. The quantitative estimate of drug-likeness (QED) is 0.739. The number of anilines is 2. The molecule has 0 spiro atoms. The van der Waals surface area contributed by atoms with Crippen molar-refractivity contribution >= 4 is 23.3 Å². The molecule has 0 unspecified atom stereocenters. The Bertz CT molecular complexity index is 912. The lowest BCUT2D eigenvalue weighted by molar-refractivity contribution is 0.101. The summed E-state index contributed by atoms with van der Waals surface area (Å²) in [5, 5.41) is 5.41. The van der Waals surface area contributed by atoms with Gasteiger partial charge in [0, 0.05) is 12.4 Å². The van der Waals surface area contributed by atoms with E-state index in [1.54, 1.807) is 54.7 Å². The van der Waals surface area contributed by atoms with Crippen molar-refractivity contribution in [2.24, 2.45) is 0 Å². The van der Waals surface area contributed by atoms with E-state index in [1.807, 2.05) is 0 Å². The number of hydrogen-bond donors (Lipinski definition) is 2. The number of carbonyl (C=O) groups excluding carboxylic acids is 2. The number of ether oxygens (including phenoxy) is 1. The first-order valence-electron chi connectivity index (χ1n) is 7.79. The molecule has 7 nitrogen and oxygen atoms in total. The Labute approximate surface area is 150 Å². The molecular formula is C19H16N4O3. The first kappa shape index (κ1) is 17.1. The summed E-state index contributed by atoms with van der Waals surface area (Å²) < 4.78 is 5.18. The van der Waals surface area contributed by atoms with E-state index in [0.717, 1.165) is 0 Å². The highest BCUT2D eigenvalue weighted by molar-refractivity contribution is 6.06. The molecule has 0 atom stereocenters. The van der Waals surface area contributed by atoms with E-state index in [-0.39, 0.29) is 11.8 Å². The van der Waals surface area contributed by atoms with Gasteiger partial charge in [-0.3, -0.25) is 14.6 Å². The summed E-state index contributed by atoms with van der Waals surface area (Å²) in [4.78, 5) is 32.4. The molecule has 0 saturated heterocycles. The van der Waals surface area contributed by atoms with Gasteiger partial charge in [-0.15, -0.1) is 0 Å². The molecule has 26 heavy (non-hydrogen) atoms. The lowest BCUT2D eigenvalue weighted by Crippen LogP contribution is -2.15. The van der Waals surface area contributed by atoms with Gasteiger partial charge in [-0.05, 0) is 36.4 Å². The molecule has 7 heteroatoms. The van der Waals surface area contributed by atoms with Crippen molar-refractivity contribution in [3.8, 4) is 5.75 Å². The average molecular weight is 348 g/mol. The maximum atomic E-state index is 12.3. The van der Waals surface area contributed by atoms with E-state index in [1.165, 1.54) is 19.5 Å². The number of rotatable bonds is 5. The molecule has 0 fully saturated rings. The predicted octanol–water partition coefficient (Wildman–Crippen LogP) is 2.99. The monoisotopic (exact) mass is 348 g/mol. The molecule has 2 N–H and O–H groups in total. The second-order valence-corrected chi connectivity index (χ2v) is 5.28. The highest BCUT2D eigenvalue weighted by Crippen LogP contribution is 2.19. The van der Waals surface area contributed by atoms with Crippen LogP contribution < -0.4 is 15.4 Å². The van der Waals surface area contributed by atoms with Crippen LogP contribution in [0.4, 0.5) is 11.5 Å². The molecule has 0 radical (unpaired) electrons. The Morgan fingerprint density at radius 3 is 2.46 bits per heavy atom.